The van der Waals surface area contributed by atoms with Gasteiger partial charge in [-0.2, -0.15) is 0 Å². The van der Waals surface area contributed by atoms with E-state index < -0.39 is 20.5 Å². The third-order valence-electron chi connectivity index (χ3n) is 3.65. The van der Waals surface area contributed by atoms with E-state index in [-0.39, 0.29) is 25.4 Å². The third-order valence-corrected chi connectivity index (χ3v) is 6.38. The Bertz CT molecular complexity index is 519. The predicted molar refractivity (Wildman–Crippen MR) is 83.5 cm³/mol. The second-order valence-electron chi connectivity index (χ2n) is 5.27. The molecule has 0 saturated carbocycles. The van der Waals surface area contributed by atoms with Gasteiger partial charge in [0.2, 0.25) is 0 Å². The second kappa shape index (κ2) is 7.02. The largest absolute Gasteiger partial charge is 0.395 e. The molecule has 0 aromatic heterocycles. The molecule has 0 aliphatic carbocycles. The Morgan fingerprint density at radius 2 is 1.65 bits per heavy atom. The molecule has 2 N–H and O–H groups in total. The minimum Gasteiger partial charge on any atom is -0.395 e. The molecule has 0 unspecified atom stereocenters. The van der Waals surface area contributed by atoms with Crippen LogP contribution in [0, 0.1) is 0 Å². The molecule has 1 aromatic carbocycles. The molecule has 4 nitrogen and oxygen atoms in total. The number of halogens is 1. The Balaban J connectivity index is 3.01. The first-order valence-electron chi connectivity index (χ1n) is 6.47. The molecule has 6 heteroatoms. The summed E-state index contributed by atoms with van der Waals surface area (Å²) in [5.74, 6) is -0.0537. The molecule has 0 amide bonds. The van der Waals surface area contributed by atoms with Gasteiger partial charge in [-0.15, -0.1) is 0 Å². The van der Waals surface area contributed by atoms with Gasteiger partial charge in [0.05, 0.1) is 24.2 Å². The summed E-state index contributed by atoms with van der Waals surface area (Å²) >= 11 is 3.32. The fourth-order valence-electron chi connectivity index (χ4n) is 1.91. The zero-order chi connectivity index (χ0) is 15.4. The second-order valence-corrected chi connectivity index (χ2v) is 8.86. The molecule has 0 atom stereocenters. The molecular weight excluding hydrogens is 344 g/mol. The van der Waals surface area contributed by atoms with Crippen molar-refractivity contribution in [2.24, 2.45) is 0 Å². The monoisotopic (exact) mass is 364 g/mol. The lowest BCUT2D eigenvalue weighted by atomic mass is 9.79. The van der Waals surface area contributed by atoms with E-state index >= 15 is 0 Å². The van der Waals surface area contributed by atoms with E-state index in [1.807, 2.05) is 12.1 Å². The van der Waals surface area contributed by atoms with Crippen LogP contribution in [0.25, 0.3) is 0 Å². The van der Waals surface area contributed by atoms with Gasteiger partial charge in [-0.1, -0.05) is 28.1 Å². The molecule has 20 heavy (non-hydrogen) atoms. The number of benzene rings is 1. The topological polar surface area (TPSA) is 74.6 Å². The van der Waals surface area contributed by atoms with Crippen LogP contribution in [0.4, 0.5) is 0 Å². The summed E-state index contributed by atoms with van der Waals surface area (Å²) < 4.78 is 24.7. The summed E-state index contributed by atoms with van der Waals surface area (Å²) in [6, 6.07) is 7.20. The standard InChI is InChI=1S/C14H21BrO4S/c1-11(2)20(18,19)8-7-14(9-16,10-17)12-3-5-13(15)6-4-12/h3-6,11,16-17H,7-10H2,1-2H3. The highest BCUT2D eigenvalue weighted by Gasteiger charge is 2.33. The maximum atomic E-state index is 11.9. The van der Waals surface area contributed by atoms with Crippen molar-refractivity contribution in [3.8, 4) is 0 Å². The lowest BCUT2D eigenvalue weighted by Gasteiger charge is -2.30. The summed E-state index contributed by atoms with van der Waals surface area (Å²) in [5.41, 5.74) is -0.187. The Hall–Kier alpha value is -0.430. The minimum absolute atomic E-state index is 0.0537. The highest BCUT2D eigenvalue weighted by Crippen LogP contribution is 2.29. The molecule has 1 rings (SSSR count). The summed E-state index contributed by atoms with van der Waals surface area (Å²) in [6.45, 7) is 2.68. The van der Waals surface area contributed by atoms with Gasteiger partial charge in [0.25, 0.3) is 0 Å². The van der Waals surface area contributed by atoms with Crippen molar-refractivity contribution in [1.82, 2.24) is 0 Å². The number of sulfone groups is 1. The molecule has 0 saturated heterocycles. The number of rotatable bonds is 7. The Morgan fingerprint density at radius 1 is 1.15 bits per heavy atom. The van der Waals surface area contributed by atoms with E-state index in [1.54, 1.807) is 26.0 Å². The molecule has 0 bridgehead atoms. The Kier molecular flexibility index (Phi) is 6.19. The van der Waals surface area contributed by atoms with E-state index in [0.29, 0.717) is 0 Å². The molecule has 0 aliphatic rings. The highest BCUT2D eigenvalue weighted by molar-refractivity contribution is 9.10. The zero-order valence-corrected chi connectivity index (χ0v) is 14.1. The van der Waals surface area contributed by atoms with E-state index in [2.05, 4.69) is 15.9 Å². The fraction of sp³-hybridized carbons (Fsp3) is 0.571. The third kappa shape index (κ3) is 4.04. The summed E-state index contributed by atoms with van der Waals surface area (Å²) in [6.07, 6.45) is 0.197. The normalized spacial score (nSPS) is 12.9. The van der Waals surface area contributed by atoms with E-state index in [4.69, 9.17) is 0 Å². The number of aliphatic hydroxyl groups excluding tert-OH is 2. The number of hydrogen-bond donors (Lipinski definition) is 2. The first-order valence-corrected chi connectivity index (χ1v) is 8.97. The van der Waals surface area contributed by atoms with Crippen molar-refractivity contribution < 1.29 is 18.6 Å². The van der Waals surface area contributed by atoms with Gasteiger partial charge in [-0.25, -0.2) is 8.42 Å². The van der Waals surface area contributed by atoms with Crippen molar-refractivity contribution in [3.63, 3.8) is 0 Å². The lowest BCUT2D eigenvalue weighted by Crippen LogP contribution is -2.37. The van der Waals surface area contributed by atoms with Crippen LogP contribution in [0.3, 0.4) is 0 Å². The van der Waals surface area contributed by atoms with Crippen molar-refractivity contribution in [3.05, 3.63) is 34.3 Å². The van der Waals surface area contributed by atoms with Crippen LogP contribution in [0.1, 0.15) is 25.8 Å². The predicted octanol–water partition coefficient (Wildman–Crippen LogP) is 1.88. The van der Waals surface area contributed by atoms with Gasteiger partial charge in [0.1, 0.15) is 0 Å². The molecule has 0 fully saturated rings. The average molecular weight is 365 g/mol. The van der Waals surface area contributed by atoms with E-state index in [1.165, 1.54) is 0 Å². The molecule has 0 heterocycles. The minimum atomic E-state index is -3.20. The molecular formula is C14H21BrO4S. The molecule has 0 aliphatic heterocycles. The summed E-state index contributed by atoms with van der Waals surface area (Å²) in [7, 11) is -3.20. The van der Waals surface area contributed by atoms with Crippen LogP contribution in [-0.2, 0) is 15.3 Å². The molecule has 114 valence electrons. The summed E-state index contributed by atoms with van der Waals surface area (Å²) in [4.78, 5) is 0. The quantitative estimate of drug-likeness (QED) is 0.774. The lowest BCUT2D eigenvalue weighted by molar-refractivity contribution is 0.114. The van der Waals surface area contributed by atoms with Crippen LogP contribution < -0.4 is 0 Å². The van der Waals surface area contributed by atoms with Gasteiger partial charge in [0, 0.05) is 9.89 Å². The first-order chi connectivity index (χ1) is 9.27. The fourth-order valence-corrected chi connectivity index (χ4v) is 3.32. The van der Waals surface area contributed by atoms with Crippen molar-refractivity contribution in [2.75, 3.05) is 19.0 Å². The average Bonchev–Trinajstić information content (AvgIpc) is 2.42. The number of hydrogen-bond acceptors (Lipinski definition) is 4. The Morgan fingerprint density at radius 3 is 2.05 bits per heavy atom. The van der Waals surface area contributed by atoms with Crippen molar-refractivity contribution in [2.45, 2.75) is 30.9 Å². The van der Waals surface area contributed by atoms with Crippen LogP contribution >= 0.6 is 15.9 Å². The van der Waals surface area contributed by atoms with E-state index in [0.717, 1.165) is 10.0 Å². The molecule has 0 spiro atoms. The first kappa shape index (κ1) is 17.6. The highest BCUT2D eigenvalue weighted by atomic mass is 79.9. The maximum absolute atomic E-state index is 11.9. The SMILES string of the molecule is CC(C)S(=O)(=O)CCC(CO)(CO)c1ccc(Br)cc1. The van der Waals surface area contributed by atoms with Gasteiger partial charge < -0.3 is 10.2 Å². The molecule has 0 radical (unpaired) electrons. The smallest absolute Gasteiger partial charge is 0.152 e. The van der Waals surface area contributed by atoms with Crippen molar-refractivity contribution in [1.29, 1.82) is 0 Å². The van der Waals surface area contributed by atoms with Crippen LogP contribution in [0.2, 0.25) is 0 Å². The van der Waals surface area contributed by atoms with Crippen LogP contribution in [0.5, 0.6) is 0 Å². The maximum Gasteiger partial charge on any atom is 0.152 e. The van der Waals surface area contributed by atoms with Gasteiger partial charge in [0.15, 0.2) is 9.84 Å². The Labute approximate surface area is 128 Å². The molecule has 1 aromatic rings. The van der Waals surface area contributed by atoms with Crippen molar-refractivity contribution >= 4 is 25.8 Å². The number of aliphatic hydroxyl groups is 2. The van der Waals surface area contributed by atoms with Crippen LogP contribution in [-0.4, -0.2) is 42.8 Å². The van der Waals surface area contributed by atoms with Gasteiger partial charge in [-0.05, 0) is 38.0 Å². The zero-order valence-electron chi connectivity index (χ0n) is 11.7. The van der Waals surface area contributed by atoms with E-state index in [9.17, 15) is 18.6 Å². The summed E-state index contributed by atoms with van der Waals surface area (Å²) in [5, 5.41) is 18.9. The van der Waals surface area contributed by atoms with Gasteiger partial charge >= 0.3 is 0 Å². The van der Waals surface area contributed by atoms with Crippen LogP contribution in [0.15, 0.2) is 28.7 Å². The van der Waals surface area contributed by atoms with Gasteiger partial charge in [-0.3, -0.25) is 0 Å².